The Bertz CT molecular complexity index is 367. The second-order valence-electron chi connectivity index (χ2n) is 2.27. The normalized spacial score (nSPS) is 10.6. The summed E-state index contributed by atoms with van der Waals surface area (Å²) in [6, 6.07) is 6.02. The molecule has 0 saturated carbocycles. The predicted octanol–water partition coefficient (Wildman–Crippen LogP) is 1.56. The highest BCUT2D eigenvalue weighted by molar-refractivity contribution is 7.16. The van der Waals surface area contributed by atoms with Gasteiger partial charge in [0.25, 0.3) is 0 Å². The zero-order chi connectivity index (χ0) is 7.68. The van der Waals surface area contributed by atoms with Crippen LogP contribution in [0.15, 0.2) is 18.2 Å². The number of nitrogens with zero attached hydrogens (tertiary/aromatic N) is 1. The van der Waals surface area contributed by atoms with Crippen LogP contribution in [0.25, 0.3) is 10.2 Å². The van der Waals surface area contributed by atoms with Crippen molar-refractivity contribution in [3.05, 3.63) is 29.3 Å². The molecule has 0 saturated heterocycles. The minimum absolute atomic E-state index is 0.551. The third-order valence-corrected chi connectivity index (χ3v) is 2.35. The van der Waals surface area contributed by atoms with Crippen molar-refractivity contribution < 1.29 is 0 Å². The molecule has 11 heavy (non-hydrogen) atoms. The van der Waals surface area contributed by atoms with Crippen LogP contribution in [0.3, 0.4) is 0 Å². The summed E-state index contributed by atoms with van der Waals surface area (Å²) in [7, 11) is 0. The van der Waals surface area contributed by atoms with E-state index in [0.717, 1.165) is 15.8 Å². The van der Waals surface area contributed by atoms with Crippen LogP contribution in [0.5, 0.6) is 0 Å². The summed E-state index contributed by atoms with van der Waals surface area (Å²) < 4.78 is 1.16. The highest BCUT2D eigenvalue weighted by atomic mass is 32.1. The molecular formula is C8H7N2S. The molecule has 2 rings (SSSR count). The van der Waals surface area contributed by atoms with Gasteiger partial charge in [0.15, 0.2) is 5.51 Å². The second-order valence-corrected chi connectivity index (χ2v) is 3.10. The fourth-order valence-electron chi connectivity index (χ4n) is 1.06. The maximum atomic E-state index is 5.53. The molecule has 2 N–H and O–H groups in total. The number of benzene rings is 1. The van der Waals surface area contributed by atoms with Gasteiger partial charge >= 0.3 is 0 Å². The maximum absolute atomic E-state index is 5.53. The first-order chi connectivity index (χ1) is 5.42. The van der Waals surface area contributed by atoms with Gasteiger partial charge in [0.1, 0.15) is 0 Å². The topological polar surface area (TPSA) is 38.9 Å². The number of nitrogens with two attached hydrogens (primary N) is 1. The summed E-state index contributed by atoms with van der Waals surface area (Å²) >= 11 is 1.53. The van der Waals surface area contributed by atoms with Crippen molar-refractivity contribution in [2.45, 2.75) is 6.54 Å². The Morgan fingerprint density at radius 3 is 3.27 bits per heavy atom. The molecule has 2 nitrogen and oxygen atoms in total. The molecule has 0 amide bonds. The molecule has 0 bridgehead atoms. The van der Waals surface area contributed by atoms with Gasteiger partial charge < -0.3 is 5.73 Å². The van der Waals surface area contributed by atoms with Crippen molar-refractivity contribution in [2.75, 3.05) is 0 Å². The fourth-order valence-corrected chi connectivity index (χ4v) is 1.71. The average molecular weight is 163 g/mol. The van der Waals surface area contributed by atoms with Gasteiger partial charge in [-0.3, -0.25) is 0 Å². The van der Waals surface area contributed by atoms with E-state index in [0.29, 0.717) is 6.54 Å². The molecule has 0 fully saturated rings. The lowest BCUT2D eigenvalue weighted by molar-refractivity contribution is 1.08. The summed E-state index contributed by atoms with van der Waals surface area (Å²) in [5, 5.41) is 0. The van der Waals surface area contributed by atoms with E-state index < -0.39 is 0 Å². The molecule has 0 atom stereocenters. The third kappa shape index (κ3) is 1.02. The van der Waals surface area contributed by atoms with Crippen molar-refractivity contribution in [3.63, 3.8) is 0 Å². The average Bonchev–Trinajstić information content (AvgIpc) is 2.50. The Morgan fingerprint density at radius 2 is 2.45 bits per heavy atom. The van der Waals surface area contributed by atoms with Crippen LogP contribution >= 0.6 is 11.3 Å². The van der Waals surface area contributed by atoms with E-state index in [9.17, 15) is 0 Å². The van der Waals surface area contributed by atoms with Crippen LogP contribution in [0.2, 0.25) is 0 Å². The zero-order valence-electron chi connectivity index (χ0n) is 5.87. The second kappa shape index (κ2) is 2.60. The van der Waals surface area contributed by atoms with Crippen LogP contribution < -0.4 is 5.73 Å². The molecule has 0 aliphatic rings. The van der Waals surface area contributed by atoms with E-state index in [-0.39, 0.29) is 0 Å². The summed E-state index contributed by atoms with van der Waals surface area (Å²) in [5.41, 5.74) is 10.5. The first-order valence-corrected chi connectivity index (χ1v) is 4.18. The first-order valence-electron chi connectivity index (χ1n) is 3.36. The molecule has 1 heterocycles. The zero-order valence-corrected chi connectivity index (χ0v) is 6.69. The molecule has 0 aliphatic heterocycles. The molecule has 0 unspecified atom stereocenters. The molecule has 3 heteroatoms. The molecule has 1 aromatic heterocycles. The van der Waals surface area contributed by atoms with Gasteiger partial charge in [-0.15, -0.1) is 11.3 Å². The van der Waals surface area contributed by atoms with Crippen molar-refractivity contribution in [1.29, 1.82) is 0 Å². The molecule has 0 aliphatic carbocycles. The summed E-state index contributed by atoms with van der Waals surface area (Å²) in [6.45, 7) is 0.551. The van der Waals surface area contributed by atoms with Gasteiger partial charge in [-0.1, -0.05) is 12.1 Å². The van der Waals surface area contributed by atoms with Gasteiger partial charge in [0.05, 0.1) is 10.2 Å². The predicted molar refractivity (Wildman–Crippen MR) is 46.3 cm³/mol. The van der Waals surface area contributed by atoms with Gasteiger partial charge in [-0.05, 0) is 11.6 Å². The van der Waals surface area contributed by atoms with E-state index in [4.69, 9.17) is 5.73 Å². The van der Waals surface area contributed by atoms with Crippen LogP contribution in [-0.2, 0) is 6.54 Å². The Balaban J connectivity index is 2.79. The number of thiazole rings is 1. The summed E-state index contributed by atoms with van der Waals surface area (Å²) in [6.07, 6.45) is 0. The number of aromatic nitrogens is 1. The van der Waals surface area contributed by atoms with Crippen LogP contribution in [-0.4, -0.2) is 4.98 Å². The Labute approximate surface area is 68.7 Å². The molecule has 2 aromatic rings. The van der Waals surface area contributed by atoms with E-state index >= 15 is 0 Å². The van der Waals surface area contributed by atoms with Gasteiger partial charge in [0.2, 0.25) is 0 Å². The fraction of sp³-hybridized carbons (Fsp3) is 0.125. The van der Waals surface area contributed by atoms with Crippen LogP contribution in [0.4, 0.5) is 0 Å². The SMILES string of the molecule is NCc1cccc2s[c]nc12. The van der Waals surface area contributed by atoms with Crippen molar-refractivity contribution in [2.24, 2.45) is 5.73 Å². The highest BCUT2D eigenvalue weighted by Gasteiger charge is 2.00. The van der Waals surface area contributed by atoms with Gasteiger partial charge in [-0.2, -0.15) is 0 Å². The standard InChI is InChI=1S/C8H7N2S/c9-4-6-2-1-3-7-8(6)10-5-11-7/h1-3H,4,9H2. The van der Waals surface area contributed by atoms with E-state index in [1.807, 2.05) is 18.2 Å². The lowest BCUT2D eigenvalue weighted by Crippen LogP contribution is -1.96. The number of rotatable bonds is 1. The van der Waals surface area contributed by atoms with Crippen LogP contribution in [0.1, 0.15) is 5.56 Å². The number of hydrogen-bond donors (Lipinski definition) is 1. The minimum Gasteiger partial charge on any atom is -0.326 e. The molecule has 1 aromatic carbocycles. The number of hydrogen-bond acceptors (Lipinski definition) is 3. The number of para-hydroxylation sites is 1. The number of fused-ring (bicyclic) bond motifs is 1. The van der Waals surface area contributed by atoms with E-state index in [2.05, 4.69) is 10.5 Å². The Morgan fingerprint density at radius 1 is 1.55 bits per heavy atom. The molecule has 55 valence electrons. The first kappa shape index (κ1) is 6.76. The summed E-state index contributed by atoms with van der Waals surface area (Å²) in [5.74, 6) is 0. The quantitative estimate of drug-likeness (QED) is 0.692. The maximum Gasteiger partial charge on any atom is 0.153 e. The van der Waals surface area contributed by atoms with Crippen molar-refractivity contribution in [3.8, 4) is 0 Å². The van der Waals surface area contributed by atoms with Crippen LogP contribution in [0, 0.1) is 5.51 Å². The molecule has 0 spiro atoms. The molecular weight excluding hydrogens is 156 g/mol. The lowest BCUT2D eigenvalue weighted by Gasteiger charge is -1.95. The van der Waals surface area contributed by atoms with Crippen molar-refractivity contribution >= 4 is 21.6 Å². The van der Waals surface area contributed by atoms with Gasteiger partial charge in [-0.25, -0.2) is 4.98 Å². The van der Waals surface area contributed by atoms with Gasteiger partial charge in [0, 0.05) is 6.54 Å². The largest absolute Gasteiger partial charge is 0.326 e. The lowest BCUT2D eigenvalue weighted by atomic mass is 10.2. The molecule has 1 radical (unpaired) electrons. The van der Waals surface area contributed by atoms with E-state index in [1.165, 1.54) is 11.3 Å². The Hall–Kier alpha value is -0.930. The summed E-state index contributed by atoms with van der Waals surface area (Å²) in [4.78, 5) is 4.10. The van der Waals surface area contributed by atoms with E-state index in [1.54, 1.807) is 0 Å². The minimum atomic E-state index is 0.551. The third-order valence-electron chi connectivity index (χ3n) is 1.62. The highest BCUT2D eigenvalue weighted by Crippen LogP contribution is 2.19. The smallest absolute Gasteiger partial charge is 0.153 e. The Kier molecular flexibility index (Phi) is 1.60. The monoisotopic (exact) mass is 163 g/mol. The van der Waals surface area contributed by atoms with Crippen molar-refractivity contribution in [1.82, 2.24) is 4.98 Å².